The molecule has 0 aliphatic rings. The number of allylic oxidation sites excluding steroid dienone is 12. The minimum atomic E-state index is -0.785. The molecule has 0 aromatic rings. The van der Waals surface area contributed by atoms with Gasteiger partial charge in [0.05, 0.1) is 0 Å². The molecule has 0 aliphatic carbocycles. The van der Waals surface area contributed by atoms with Gasteiger partial charge in [-0.2, -0.15) is 0 Å². The zero-order valence-corrected chi connectivity index (χ0v) is 45.6. The number of hydrogen-bond acceptors (Lipinski definition) is 6. The summed E-state index contributed by atoms with van der Waals surface area (Å²) in [6.45, 7) is 6.52. The van der Waals surface area contributed by atoms with Crippen molar-refractivity contribution in [1.29, 1.82) is 0 Å². The molecule has 1 atom stereocenters. The summed E-state index contributed by atoms with van der Waals surface area (Å²) in [6, 6.07) is 0. The smallest absolute Gasteiger partial charge is 0.306 e. The number of unbranched alkanes of at least 4 members (excludes halogenated alkanes) is 30. The van der Waals surface area contributed by atoms with Crippen molar-refractivity contribution in [1.82, 2.24) is 0 Å². The lowest BCUT2D eigenvalue weighted by Crippen LogP contribution is -2.30. The Labute approximate surface area is 427 Å². The van der Waals surface area contributed by atoms with Crippen molar-refractivity contribution in [3.63, 3.8) is 0 Å². The third-order valence-electron chi connectivity index (χ3n) is 12.7. The molecule has 0 saturated carbocycles. The van der Waals surface area contributed by atoms with Crippen LogP contribution in [0.15, 0.2) is 72.9 Å². The molecule has 0 amide bonds. The molecule has 0 aromatic heterocycles. The normalized spacial score (nSPS) is 12.6. The summed E-state index contributed by atoms with van der Waals surface area (Å²) < 4.78 is 16.9. The van der Waals surface area contributed by atoms with Gasteiger partial charge in [-0.25, -0.2) is 0 Å². The molecule has 0 heterocycles. The molecule has 6 heteroatoms. The Bertz CT molecular complexity index is 1290. The molecule has 398 valence electrons. The summed E-state index contributed by atoms with van der Waals surface area (Å²) in [5.41, 5.74) is 0. The van der Waals surface area contributed by atoms with Gasteiger partial charge in [0.25, 0.3) is 0 Å². The molecule has 0 aliphatic heterocycles. The van der Waals surface area contributed by atoms with Crippen LogP contribution in [0.3, 0.4) is 0 Å². The first-order valence-corrected chi connectivity index (χ1v) is 29.4. The first kappa shape index (κ1) is 65.8. The van der Waals surface area contributed by atoms with E-state index < -0.39 is 6.10 Å². The molecule has 0 radical (unpaired) electrons. The van der Waals surface area contributed by atoms with Crippen LogP contribution in [0, 0.1) is 0 Å². The highest BCUT2D eigenvalue weighted by atomic mass is 16.6. The Hall–Kier alpha value is -3.15. The van der Waals surface area contributed by atoms with Crippen LogP contribution in [0.4, 0.5) is 0 Å². The number of rotatable bonds is 53. The third kappa shape index (κ3) is 55.6. The van der Waals surface area contributed by atoms with Crippen LogP contribution in [0.2, 0.25) is 0 Å². The van der Waals surface area contributed by atoms with E-state index in [0.29, 0.717) is 19.3 Å². The maximum atomic E-state index is 12.9. The zero-order valence-electron chi connectivity index (χ0n) is 45.6. The fourth-order valence-electron chi connectivity index (χ4n) is 8.29. The van der Waals surface area contributed by atoms with E-state index in [0.717, 1.165) is 103 Å². The van der Waals surface area contributed by atoms with Gasteiger partial charge in [-0.1, -0.05) is 254 Å². The third-order valence-corrected chi connectivity index (χ3v) is 12.7. The molecular weight excluding hydrogens is 853 g/mol. The number of hydrogen-bond donors (Lipinski definition) is 0. The standard InChI is InChI=1S/C63H110O6/c1-4-7-10-13-16-19-22-25-27-29-30-31-32-34-35-38-41-44-47-50-53-56-62(65)68-59-60(58-67-61(64)55-52-49-46-43-40-37-24-21-18-15-12-9-6-3)69-63(66)57-54-51-48-45-42-39-36-33-28-26-23-20-17-14-11-8-5-2/h8,11,17,20,22,25-26,28-30,32,34,60H,4-7,9-10,12-16,18-19,21,23-24,27,31,33,35-59H2,1-3H3/b11-8-,20-17-,25-22-,28-26-,30-29-,34-32-. The molecule has 0 spiro atoms. The van der Waals surface area contributed by atoms with Crippen LogP contribution in [0.1, 0.15) is 290 Å². The number of esters is 3. The molecule has 1 unspecified atom stereocenters. The highest BCUT2D eigenvalue weighted by Gasteiger charge is 2.19. The lowest BCUT2D eigenvalue weighted by atomic mass is 10.0. The predicted molar refractivity (Wildman–Crippen MR) is 298 cm³/mol. The van der Waals surface area contributed by atoms with Crippen LogP contribution < -0.4 is 0 Å². The molecule has 0 aromatic carbocycles. The summed E-state index contributed by atoms with van der Waals surface area (Å²) in [5.74, 6) is -0.895. The van der Waals surface area contributed by atoms with Gasteiger partial charge in [-0.15, -0.1) is 0 Å². The van der Waals surface area contributed by atoms with Gasteiger partial charge >= 0.3 is 17.9 Å². The van der Waals surface area contributed by atoms with Gasteiger partial charge in [0.2, 0.25) is 0 Å². The van der Waals surface area contributed by atoms with E-state index in [2.05, 4.69) is 93.7 Å². The fourth-order valence-corrected chi connectivity index (χ4v) is 8.29. The first-order valence-electron chi connectivity index (χ1n) is 29.4. The highest BCUT2D eigenvalue weighted by Crippen LogP contribution is 2.16. The van der Waals surface area contributed by atoms with Crippen LogP contribution >= 0.6 is 0 Å². The minimum Gasteiger partial charge on any atom is -0.462 e. The second-order valence-electron chi connectivity index (χ2n) is 19.5. The fraction of sp³-hybridized carbons (Fsp3) is 0.762. The highest BCUT2D eigenvalue weighted by molar-refractivity contribution is 5.71. The molecule has 0 rings (SSSR count). The van der Waals surface area contributed by atoms with Gasteiger partial charge in [0.15, 0.2) is 6.10 Å². The van der Waals surface area contributed by atoms with Gasteiger partial charge in [0, 0.05) is 19.3 Å². The summed E-state index contributed by atoms with van der Waals surface area (Å²) >= 11 is 0. The molecular formula is C63H110O6. The van der Waals surface area contributed by atoms with Gasteiger partial charge in [-0.3, -0.25) is 14.4 Å². The Morgan fingerprint density at radius 3 is 0.884 bits per heavy atom. The van der Waals surface area contributed by atoms with Crippen LogP contribution in [-0.2, 0) is 28.6 Å². The number of carbonyl (C=O) groups excluding carboxylic acids is 3. The zero-order chi connectivity index (χ0) is 50.0. The SMILES string of the molecule is CC/C=C\C/C=C\C/C=C\CCCCCCCCCC(=O)OC(COC(=O)CCCCCCCC/C=C\C/C=C\C/C=C\CCCCCCC)COC(=O)CCCCCCCCCCCCCCC. The largest absolute Gasteiger partial charge is 0.462 e. The van der Waals surface area contributed by atoms with Crippen molar-refractivity contribution in [2.75, 3.05) is 13.2 Å². The maximum Gasteiger partial charge on any atom is 0.306 e. The van der Waals surface area contributed by atoms with E-state index >= 15 is 0 Å². The van der Waals surface area contributed by atoms with Crippen molar-refractivity contribution in [2.45, 2.75) is 297 Å². The second kappa shape index (κ2) is 57.4. The predicted octanol–water partition coefficient (Wildman–Crippen LogP) is 19.8. The van der Waals surface area contributed by atoms with Crippen molar-refractivity contribution < 1.29 is 28.6 Å². The van der Waals surface area contributed by atoms with Gasteiger partial charge in [-0.05, 0) is 89.9 Å². The van der Waals surface area contributed by atoms with Crippen molar-refractivity contribution in [2.24, 2.45) is 0 Å². The molecule has 0 N–H and O–H groups in total. The van der Waals surface area contributed by atoms with E-state index in [9.17, 15) is 14.4 Å². The minimum absolute atomic E-state index is 0.0817. The molecule has 6 nitrogen and oxygen atoms in total. The van der Waals surface area contributed by atoms with E-state index in [-0.39, 0.29) is 31.1 Å². The Morgan fingerprint density at radius 2 is 0.565 bits per heavy atom. The number of ether oxygens (including phenoxy) is 3. The first-order chi connectivity index (χ1) is 34.0. The lowest BCUT2D eigenvalue weighted by molar-refractivity contribution is -0.167. The van der Waals surface area contributed by atoms with E-state index in [1.165, 1.54) is 148 Å². The average molecular weight is 964 g/mol. The monoisotopic (exact) mass is 963 g/mol. The van der Waals surface area contributed by atoms with Crippen LogP contribution in [-0.4, -0.2) is 37.2 Å². The number of carbonyl (C=O) groups is 3. The molecule has 69 heavy (non-hydrogen) atoms. The Morgan fingerprint density at radius 1 is 0.304 bits per heavy atom. The van der Waals surface area contributed by atoms with Crippen molar-refractivity contribution in [3.05, 3.63) is 72.9 Å². The van der Waals surface area contributed by atoms with Gasteiger partial charge < -0.3 is 14.2 Å². The molecule has 0 bridgehead atoms. The summed E-state index contributed by atoms with van der Waals surface area (Å²) in [5, 5.41) is 0. The summed E-state index contributed by atoms with van der Waals surface area (Å²) in [4.78, 5) is 38.2. The second-order valence-corrected chi connectivity index (χ2v) is 19.5. The molecule has 0 saturated heterocycles. The summed E-state index contributed by atoms with van der Waals surface area (Å²) in [6.07, 6.45) is 73.2. The average Bonchev–Trinajstić information content (AvgIpc) is 3.35. The Balaban J connectivity index is 4.38. The van der Waals surface area contributed by atoms with Crippen LogP contribution in [0.25, 0.3) is 0 Å². The van der Waals surface area contributed by atoms with Crippen molar-refractivity contribution in [3.8, 4) is 0 Å². The maximum absolute atomic E-state index is 12.9. The van der Waals surface area contributed by atoms with Gasteiger partial charge in [0.1, 0.15) is 13.2 Å². The molecule has 0 fully saturated rings. The lowest BCUT2D eigenvalue weighted by Gasteiger charge is -2.18. The Kier molecular flexibility index (Phi) is 54.8. The van der Waals surface area contributed by atoms with E-state index in [4.69, 9.17) is 14.2 Å². The van der Waals surface area contributed by atoms with Crippen LogP contribution in [0.5, 0.6) is 0 Å². The topological polar surface area (TPSA) is 78.9 Å². The quantitative estimate of drug-likeness (QED) is 0.0262. The summed E-state index contributed by atoms with van der Waals surface area (Å²) in [7, 11) is 0. The van der Waals surface area contributed by atoms with E-state index in [1.54, 1.807) is 0 Å². The van der Waals surface area contributed by atoms with E-state index in [1.807, 2.05) is 0 Å². The van der Waals surface area contributed by atoms with Crippen molar-refractivity contribution >= 4 is 17.9 Å².